The topological polar surface area (TPSA) is 65.5 Å². The summed E-state index contributed by atoms with van der Waals surface area (Å²) in [4.78, 5) is 16.3. The van der Waals surface area contributed by atoms with Crippen molar-refractivity contribution in [2.75, 3.05) is 27.2 Å². The van der Waals surface area contributed by atoms with Crippen LogP contribution >= 0.6 is 11.3 Å². The molecule has 5 nitrogen and oxygen atoms in total. The van der Waals surface area contributed by atoms with Gasteiger partial charge >= 0.3 is 0 Å². The van der Waals surface area contributed by atoms with E-state index in [9.17, 15) is 4.79 Å². The van der Waals surface area contributed by atoms with E-state index in [1.54, 1.807) is 7.05 Å². The first-order valence-corrected chi connectivity index (χ1v) is 6.36. The van der Waals surface area contributed by atoms with Crippen molar-refractivity contribution in [1.29, 1.82) is 0 Å². The maximum atomic E-state index is 11.6. The molecule has 0 spiro atoms. The van der Waals surface area contributed by atoms with Crippen molar-refractivity contribution in [3.63, 3.8) is 0 Å². The van der Waals surface area contributed by atoms with Crippen molar-refractivity contribution >= 4 is 23.2 Å². The number of hydrogen-bond donors (Lipinski definition) is 3. The van der Waals surface area contributed by atoms with Gasteiger partial charge < -0.3 is 16.0 Å². The van der Waals surface area contributed by atoms with Crippen molar-refractivity contribution in [3.8, 4) is 0 Å². The maximum Gasteiger partial charge on any atom is 0.261 e. The van der Waals surface area contributed by atoms with E-state index in [0.717, 1.165) is 23.8 Å². The predicted octanol–water partition coefficient (Wildman–Crippen LogP) is 0.663. The van der Waals surface area contributed by atoms with Gasteiger partial charge in [0.25, 0.3) is 5.91 Å². The molecule has 0 bridgehead atoms. The van der Waals surface area contributed by atoms with E-state index < -0.39 is 0 Å². The van der Waals surface area contributed by atoms with Gasteiger partial charge in [-0.3, -0.25) is 9.79 Å². The van der Waals surface area contributed by atoms with E-state index >= 15 is 0 Å². The second kappa shape index (κ2) is 7.67. The number of carbonyl (C=O) groups excluding carboxylic acids is 1. The summed E-state index contributed by atoms with van der Waals surface area (Å²) < 4.78 is 0. The van der Waals surface area contributed by atoms with Crippen molar-refractivity contribution in [2.45, 2.75) is 6.42 Å². The number of rotatable bonds is 5. The van der Waals surface area contributed by atoms with Crippen LogP contribution in [0.3, 0.4) is 0 Å². The molecular weight excluding hydrogens is 236 g/mol. The molecule has 3 N–H and O–H groups in total. The first-order chi connectivity index (χ1) is 8.27. The Kier molecular flexibility index (Phi) is 6.09. The van der Waals surface area contributed by atoms with Gasteiger partial charge in [-0.05, 0) is 17.9 Å². The average molecular weight is 254 g/mol. The molecule has 0 saturated heterocycles. The molecule has 0 aromatic carbocycles. The van der Waals surface area contributed by atoms with E-state index in [2.05, 4.69) is 20.9 Å². The summed E-state index contributed by atoms with van der Waals surface area (Å²) in [7, 11) is 3.53. The van der Waals surface area contributed by atoms with Crippen LogP contribution in [0.2, 0.25) is 0 Å². The maximum absolute atomic E-state index is 11.6. The van der Waals surface area contributed by atoms with E-state index in [1.165, 1.54) is 11.3 Å². The number of carbonyl (C=O) groups is 1. The SMILES string of the molecule is CN=C(NC)NCCCNC(=O)c1cccs1. The fraction of sp³-hybridized carbons (Fsp3) is 0.455. The molecule has 0 atom stereocenters. The molecule has 0 saturated carbocycles. The molecule has 0 aliphatic rings. The fourth-order valence-corrected chi connectivity index (χ4v) is 1.91. The van der Waals surface area contributed by atoms with E-state index in [-0.39, 0.29) is 5.91 Å². The Morgan fingerprint density at radius 3 is 2.76 bits per heavy atom. The van der Waals surface area contributed by atoms with Crippen LogP contribution in [0, 0.1) is 0 Å². The zero-order valence-corrected chi connectivity index (χ0v) is 10.9. The summed E-state index contributed by atoms with van der Waals surface area (Å²) in [5.41, 5.74) is 0. The number of thiophene rings is 1. The van der Waals surface area contributed by atoms with Crippen molar-refractivity contribution in [2.24, 2.45) is 4.99 Å². The van der Waals surface area contributed by atoms with Crippen molar-refractivity contribution in [3.05, 3.63) is 22.4 Å². The lowest BCUT2D eigenvalue weighted by Gasteiger charge is -2.08. The number of nitrogens with zero attached hydrogens (tertiary/aromatic N) is 1. The summed E-state index contributed by atoms with van der Waals surface area (Å²) >= 11 is 1.45. The second-order valence-electron chi connectivity index (χ2n) is 3.34. The van der Waals surface area contributed by atoms with Gasteiger partial charge in [-0.1, -0.05) is 6.07 Å². The lowest BCUT2D eigenvalue weighted by molar-refractivity contribution is 0.0957. The summed E-state index contributed by atoms with van der Waals surface area (Å²) in [6, 6.07) is 3.69. The van der Waals surface area contributed by atoms with Crippen molar-refractivity contribution < 1.29 is 4.79 Å². The van der Waals surface area contributed by atoms with Gasteiger partial charge in [-0.25, -0.2) is 0 Å². The van der Waals surface area contributed by atoms with Crippen LogP contribution in [0.5, 0.6) is 0 Å². The summed E-state index contributed by atoms with van der Waals surface area (Å²) in [6.45, 7) is 1.43. The van der Waals surface area contributed by atoms with Gasteiger partial charge in [0, 0.05) is 27.2 Å². The molecule has 0 aliphatic carbocycles. The molecule has 94 valence electrons. The Morgan fingerprint density at radius 1 is 1.41 bits per heavy atom. The molecule has 17 heavy (non-hydrogen) atoms. The quantitative estimate of drug-likeness (QED) is 0.411. The molecule has 1 rings (SSSR count). The standard InChI is InChI=1S/C11H18N4OS/c1-12-11(13-2)15-7-4-6-14-10(16)9-5-3-8-17-9/h3,5,8H,4,6-7H2,1-2H3,(H,14,16)(H2,12,13,15). The molecule has 0 unspecified atom stereocenters. The van der Waals surface area contributed by atoms with E-state index in [4.69, 9.17) is 0 Å². The summed E-state index contributed by atoms with van der Waals surface area (Å²) in [5.74, 6) is 0.757. The predicted molar refractivity (Wildman–Crippen MR) is 71.7 cm³/mol. The lowest BCUT2D eigenvalue weighted by Crippen LogP contribution is -2.36. The van der Waals surface area contributed by atoms with Crippen LogP contribution in [-0.4, -0.2) is 39.1 Å². The van der Waals surface area contributed by atoms with E-state index in [1.807, 2.05) is 24.6 Å². The Labute approximate surface area is 105 Å². The Morgan fingerprint density at radius 2 is 2.18 bits per heavy atom. The zero-order chi connectivity index (χ0) is 12.5. The fourth-order valence-electron chi connectivity index (χ4n) is 1.27. The molecule has 1 aromatic rings. The monoisotopic (exact) mass is 254 g/mol. The van der Waals surface area contributed by atoms with Crippen molar-refractivity contribution in [1.82, 2.24) is 16.0 Å². The molecule has 1 amide bonds. The van der Waals surface area contributed by atoms with Crippen LogP contribution in [0.1, 0.15) is 16.1 Å². The normalized spacial score (nSPS) is 11.1. The minimum atomic E-state index is -0.00185. The van der Waals surface area contributed by atoms with Gasteiger partial charge in [0.2, 0.25) is 0 Å². The summed E-state index contributed by atoms with van der Waals surface area (Å²) in [5, 5.41) is 10.8. The van der Waals surface area contributed by atoms with Crippen LogP contribution in [0.15, 0.2) is 22.5 Å². The van der Waals surface area contributed by atoms with Gasteiger partial charge in [0.15, 0.2) is 5.96 Å². The first-order valence-electron chi connectivity index (χ1n) is 5.48. The van der Waals surface area contributed by atoms with Crippen LogP contribution in [-0.2, 0) is 0 Å². The third-order valence-electron chi connectivity index (χ3n) is 2.14. The average Bonchev–Trinajstić information content (AvgIpc) is 2.87. The van der Waals surface area contributed by atoms with Crippen LogP contribution < -0.4 is 16.0 Å². The second-order valence-corrected chi connectivity index (χ2v) is 4.28. The number of nitrogens with one attached hydrogen (secondary N) is 3. The molecule has 1 heterocycles. The number of hydrogen-bond acceptors (Lipinski definition) is 3. The van der Waals surface area contributed by atoms with Crippen LogP contribution in [0.25, 0.3) is 0 Å². The largest absolute Gasteiger partial charge is 0.359 e. The molecule has 0 fully saturated rings. The smallest absolute Gasteiger partial charge is 0.261 e. The van der Waals surface area contributed by atoms with Gasteiger partial charge in [0.05, 0.1) is 4.88 Å². The molecule has 0 aliphatic heterocycles. The zero-order valence-electron chi connectivity index (χ0n) is 10.1. The molecule has 1 aromatic heterocycles. The highest BCUT2D eigenvalue weighted by molar-refractivity contribution is 7.12. The van der Waals surface area contributed by atoms with Gasteiger partial charge in [-0.2, -0.15) is 0 Å². The summed E-state index contributed by atoms with van der Waals surface area (Å²) in [6.07, 6.45) is 0.859. The molecule has 6 heteroatoms. The highest BCUT2D eigenvalue weighted by Gasteiger charge is 2.04. The Balaban J connectivity index is 2.11. The minimum Gasteiger partial charge on any atom is -0.359 e. The van der Waals surface area contributed by atoms with Gasteiger partial charge in [0.1, 0.15) is 0 Å². The lowest BCUT2D eigenvalue weighted by atomic mass is 10.4. The molecule has 0 radical (unpaired) electrons. The number of amides is 1. The first kappa shape index (κ1) is 13.5. The Bertz CT molecular complexity index is 362. The third-order valence-corrected chi connectivity index (χ3v) is 3.01. The number of aliphatic imine (C=N–C) groups is 1. The van der Waals surface area contributed by atoms with Gasteiger partial charge in [-0.15, -0.1) is 11.3 Å². The Hall–Kier alpha value is -1.56. The van der Waals surface area contributed by atoms with Crippen LogP contribution in [0.4, 0.5) is 0 Å². The third kappa shape index (κ3) is 4.86. The molecular formula is C11H18N4OS. The number of guanidine groups is 1. The van der Waals surface area contributed by atoms with E-state index in [0.29, 0.717) is 6.54 Å². The highest BCUT2D eigenvalue weighted by Crippen LogP contribution is 2.07. The highest BCUT2D eigenvalue weighted by atomic mass is 32.1. The minimum absolute atomic E-state index is 0.00185.